The molecule has 164 valence electrons. The lowest BCUT2D eigenvalue weighted by atomic mass is 10.1. The number of hydrogen-bond acceptors (Lipinski definition) is 5. The molecular formula is C23H29N5O2S. The van der Waals surface area contributed by atoms with E-state index in [-0.39, 0.29) is 5.91 Å². The van der Waals surface area contributed by atoms with Crippen LogP contribution in [-0.4, -0.2) is 34.7 Å². The summed E-state index contributed by atoms with van der Waals surface area (Å²) in [6.07, 6.45) is 3.45. The predicted octanol–water partition coefficient (Wildman–Crippen LogP) is 4.40. The number of piperidine rings is 1. The van der Waals surface area contributed by atoms with Gasteiger partial charge < -0.3 is 16.0 Å². The van der Waals surface area contributed by atoms with Crippen molar-refractivity contribution < 1.29 is 9.59 Å². The van der Waals surface area contributed by atoms with Crippen LogP contribution in [-0.2, 0) is 6.54 Å². The fourth-order valence-corrected chi connectivity index (χ4v) is 5.14. The quantitative estimate of drug-likeness (QED) is 0.595. The normalized spacial score (nSPS) is 14.4. The monoisotopic (exact) mass is 439 g/mol. The van der Waals surface area contributed by atoms with Gasteiger partial charge in [0.25, 0.3) is 5.91 Å². The van der Waals surface area contributed by atoms with Crippen LogP contribution in [0.4, 0.5) is 11.4 Å². The van der Waals surface area contributed by atoms with Crippen molar-refractivity contribution in [3.05, 3.63) is 40.4 Å². The minimum absolute atomic E-state index is 0.184. The number of carbonyl (C=O) groups is 2. The van der Waals surface area contributed by atoms with E-state index >= 15 is 0 Å². The van der Waals surface area contributed by atoms with Crippen molar-refractivity contribution in [3.8, 4) is 0 Å². The topological polar surface area (TPSA) is 93.2 Å². The van der Waals surface area contributed by atoms with Gasteiger partial charge in [0.1, 0.15) is 4.83 Å². The van der Waals surface area contributed by atoms with Crippen molar-refractivity contribution in [2.75, 3.05) is 23.3 Å². The maximum atomic E-state index is 13.2. The molecule has 7 nitrogen and oxygen atoms in total. The van der Waals surface area contributed by atoms with Crippen LogP contribution in [0.2, 0.25) is 0 Å². The fourth-order valence-electron chi connectivity index (χ4n) is 4.08. The number of amides is 2. The summed E-state index contributed by atoms with van der Waals surface area (Å²) in [5, 5.41) is 8.67. The Labute approximate surface area is 186 Å². The molecule has 0 radical (unpaired) electrons. The molecule has 0 aliphatic carbocycles. The summed E-state index contributed by atoms with van der Waals surface area (Å²) >= 11 is 1.45. The van der Waals surface area contributed by atoms with E-state index in [1.807, 2.05) is 23.7 Å². The SMILES string of the molecule is Cc1nn(CC(C)C)c2sc(C(=O)Nc3cc(C(N)=O)ccc3N3CCCCC3)cc12. The third kappa shape index (κ3) is 4.44. The van der Waals surface area contributed by atoms with E-state index in [4.69, 9.17) is 5.73 Å². The second-order valence-corrected chi connectivity index (χ2v) is 9.62. The molecule has 3 aromatic rings. The molecule has 2 amide bonds. The Balaban J connectivity index is 1.65. The zero-order valence-corrected chi connectivity index (χ0v) is 19.1. The number of benzene rings is 1. The highest BCUT2D eigenvalue weighted by Gasteiger charge is 2.21. The van der Waals surface area contributed by atoms with E-state index in [1.165, 1.54) is 17.8 Å². The summed E-state index contributed by atoms with van der Waals surface area (Å²) in [5.41, 5.74) is 8.36. The van der Waals surface area contributed by atoms with Crippen LogP contribution in [0.3, 0.4) is 0 Å². The number of nitrogens with zero attached hydrogens (tertiary/aromatic N) is 3. The summed E-state index contributed by atoms with van der Waals surface area (Å²) in [5.74, 6) is -0.228. The number of anilines is 2. The fraction of sp³-hybridized carbons (Fsp3) is 0.435. The Kier molecular flexibility index (Phi) is 6.00. The number of thiophene rings is 1. The van der Waals surface area contributed by atoms with E-state index in [9.17, 15) is 9.59 Å². The number of fused-ring (bicyclic) bond motifs is 1. The first-order valence-electron chi connectivity index (χ1n) is 10.8. The van der Waals surface area contributed by atoms with Gasteiger partial charge in [-0.25, -0.2) is 0 Å². The predicted molar refractivity (Wildman–Crippen MR) is 126 cm³/mol. The molecule has 2 aromatic heterocycles. The average molecular weight is 440 g/mol. The Hall–Kier alpha value is -2.87. The first-order valence-corrected chi connectivity index (χ1v) is 11.6. The smallest absolute Gasteiger partial charge is 0.265 e. The Morgan fingerprint density at radius 1 is 1.19 bits per heavy atom. The lowest BCUT2D eigenvalue weighted by molar-refractivity contribution is 0.0996. The summed E-state index contributed by atoms with van der Waals surface area (Å²) in [6.45, 7) is 8.96. The highest BCUT2D eigenvalue weighted by molar-refractivity contribution is 7.20. The molecule has 3 N–H and O–H groups in total. The summed E-state index contributed by atoms with van der Waals surface area (Å²) < 4.78 is 1.99. The molecule has 4 rings (SSSR count). The molecule has 0 unspecified atom stereocenters. The van der Waals surface area contributed by atoms with Gasteiger partial charge in [0.05, 0.1) is 21.9 Å². The molecule has 0 saturated carbocycles. The van der Waals surface area contributed by atoms with Crippen LogP contribution in [0.25, 0.3) is 10.2 Å². The molecule has 1 aliphatic heterocycles. The van der Waals surface area contributed by atoms with Gasteiger partial charge in [0, 0.05) is 30.6 Å². The van der Waals surface area contributed by atoms with Crippen LogP contribution >= 0.6 is 11.3 Å². The summed E-state index contributed by atoms with van der Waals surface area (Å²) in [6, 6.07) is 7.21. The van der Waals surface area contributed by atoms with E-state index < -0.39 is 5.91 Å². The molecule has 0 spiro atoms. The van der Waals surface area contributed by atoms with E-state index in [1.54, 1.807) is 12.1 Å². The maximum Gasteiger partial charge on any atom is 0.265 e. The Morgan fingerprint density at radius 3 is 2.61 bits per heavy atom. The Morgan fingerprint density at radius 2 is 1.94 bits per heavy atom. The highest BCUT2D eigenvalue weighted by Crippen LogP contribution is 2.33. The number of rotatable bonds is 6. The number of carbonyl (C=O) groups excluding carboxylic acids is 2. The van der Waals surface area contributed by atoms with E-state index in [0.29, 0.717) is 22.0 Å². The second kappa shape index (κ2) is 8.70. The van der Waals surface area contributed by atoms with Gasteiger partial charge >= 0.3 is 0 Å². The van der Waals surface area contributed by atoms with Gasteiger partial charge in [-0.05, 0) is 56.4 Å². The number of aryl methyl sites for hydroxylation is 1. The second-order valence-electron chi connectivity index (χ2n) is 8.59. The van der Waals surface area contributed by atoms with Crippen LogP contribution in [0.15, 0.2) is 24.3 Å². The molecule has 1 aliphatic rings. The number of aromatic nitrogens is 2. The molecule has 1 saturated heterocycles. The van der Waals surface area contributed by atoms with Crippen molar-refractivity contribution in [2.45, 2.75) is 46.6 Å². The van der Waals surface area contributed by atoms with E-state index in [2.05, 4.69) is 29.2 Å². The van der Waals surface area contributed by atoms with Crippen molar-refractivity contribution in [1.82, 2.24) is 9.78 Å². The third-order valence-electron chi connectivity index (χ3n) is 5.60. The van der Waals surface area contributed by atoms with Gasteiger partial charge in [-0.15, -0.1) is 11.3 Å². The molecule has 8 heteroatoms. The molecular weight excluding hydrogens is 410 g/mol. The highest BCUT2D eigenvalue weighted by atomic mass is 32.1. The minimum atomic E-state index is -0.507. The van der Waals surface area contributed by atoms with Crippen molar-refractivity contribution in [3.63, 3.8) is 0 Å². The first-order chi connectivity index (χ1) is 14.8. The van der Waals surface area contributed by atoms with Crippen LogP contribution in [0.5, 0.6) is 0 Å². The lowest BCUT2D eigenvalue weighted by Gasteiger charge is -2.30. The zero-order valence-electron chi connectivity index (χ0n) is 18.3. The number of nitrogens with two attached hydrogens (primary N) is 1. The molecule has 1 aromatic carbocycles. The number of nitrogens with one attached hydrogen (secondary N) is 1. The van der Waals surface area contributed by atoms with Crippen LogP contribution < -0.4 is 16.0 Å². The third-order valence-corrected chi connectivity index (χ3v) is 6.74. The molecule has 0 bridgehead atoms. The van der Waals surface area contributed by atoms with Crippen molar-refractivity contribution in [2.24, 2.45) is 11.7 Å². The number of primary amides is 1. The molecule has 0 atom stereocenters. The minimum Gasteiger partial charge on any atom is -0.370 e. The molecule has 31 heavy (non-hydrogen) atoms. The van der Waals surface area contributed by atoms with Crippen LogP contribution in [0, 0.1) is 12.8 Å². The summed E-state index contributed by atoms with van der Waals surface area (Å²) in [4.78, 5) is 28.8. The van der Waals surface area contributed by atoms with Crippen molar-refractivity contribution in [1.29, 1.82) is 0 Å². The van der Waals surface area contributed by atoms with Gasteiger partial charge in [0.2, 0.25) is 5.91 Å². The molecule has 1 fully saturated rings. The zero-order chi connectivity index (χ0) is 22.1. The number of hydrogen-bond donors (Lipinski definition) is 2. The van der Waals surface area contributed by atoms with Gasteiger partial charge in [-0.3, -0.25) is 14.3 Å². The molecule has 3 heterocycles. The first kappa shape index (κ1) is 21.4. The van der Waals surface area contributed by atoms with Gasteiger partial charge in [-0.2, -0.15) is 5.10 Å². The standard InChI is InChI=1S/C23H29N5O2S/c1-14(2)13-28-23-17(15(3)26-28)12-20(31-23)22(30)25-18-11-16(21(24)29)7-8-19(18)27-9-5-4-6-10-27/h7-8,11-12,14H,4-6,9-10,13H2,1-3H3,(H2,24,29)(H,25,30). The summed E-state index contributed by atoms with van der Waals surface area (Å²) in [7, 11) is 0. The van der Waals surface area contributed by atoms with Crippen molar-refractivity contribution >= 4 is 44.7 Å². The maximum absolute atomic E-state index is 13.2. The van der Waals surface area contributed by atoms with Crippen LogP contribution in [0.1, 0.15) is 58.8 Å². The van der Waals surface area contributed by atoms with Gasteiger partial charge in [-0.1, -0.05) is 13.8 Å². The lowest BCUT2D eigenvalue weighted by Crippen LogP contribution is -2.30. The van der Waals surface area contributed by atoms with E-state index in [0.717, 1.165) is 54.1 Å². The Bertz CT molecular complexity index is 1120. The van der Waals surface area contributed by atoms with Gasteiger partial charge in [0.15, 0.2) is 0 Å². The largest absolute Gasteiger partial charge is 0.370 e. The average Bonchev–Trinajstić information content (AvgIpc) is 3.30.